The molecule has 27 nitrogen and oxygen atoms in total. The smallest absolute Gasteiger partial charge is 0.205 e. The lowest BCUT2D eigenvalue weighted by Crippen LogP contribution is -2.45. The van der Waals surface area contributed by atoms with Crippen molar-refractivity contribution in [1.82, 2.24) is 0 Å². The van der Waals surface area contributed by atoms with E-state index in [0.717, 1.165) is 0 Å². The Morgan fingerprint density at radius 3 is 0.929 bits per heavy atom. The Morgan fingerprint density at radius 2 is 0.471 bits per heavy atom. The third kappa shape index (κ3) is 4.51. The van der Waals surface area contributed by atoms with E-state index in [2.05, 4.69) is 0 Å². The van der Waals surface area contributed by atoms with E-state index in [-0.39, 0.29) is 0 Å². The van der Waals surface area contributed by atoms with Crippen LogP contribution in [0.2, 0.25) is 0 Å². The molecule has 0 saturated heterocycles. The topological polar surface area (TPSA) is 551 Å². The molecule has 0 atom stereocenters. The van der Waals surface area contributed by atoms with E-state index < -0.39 is 242 Å². The summed E-state index contributed by atoms with van der Waals surface area (Å²) in [6.07, 6.45) is 0. The molecule has 1 aliphatic rings. The molecule has 1 aliphatic carbocycles. The highest BCUT2D eigenvalue weighted by Gasteiger charge is 2.50. The Morgan fingerprint density at radius 1 is 0.200 bits per heavy atom. The van der Waals surface area contributed by atoms with Gasteiger partial charge in [0.05, 0.1) is 16.2 Å². The van der Waals surface area contributed by atoms with E-state index in [1.807, 2.05) is 0 Å². The van der Waals surface area contributed by atoms with E-state index in [4.69, 9.17) is 15.9 Å². The van der Waals surface area contributed by atoms with Gasteiger partial charge in [-0.05, 0) is 0 Å². The van der Waals surface area contributed by atoms with Crippen molar-refractivity contribution >= 4 is 54.3 Å². The standard InChI is InChI=1S/C43H28N2O25/c44-43(45)15-3(11-16(43)29(58)39(68)35(64)23(11)52)4(17(46)30(59)28(15)57)1-5-7(20(49)33(62)31(60)18(5)47)2(8-6(1)19(48)32(61)34(63)21(8)50)9-10-13-26(55)24(53)12-14(27(56)37(66)36(65)25(12)54)41(13)70-42(10)40(69)38(67)22(9)51/h46-69H,44-45H2. The molecular weight excluding hydrogens is 944 g/mol. The zero-order valence-corrected chi connectivity index (χ0v) is 33.8. The Bertz CT molecular complexity index is 4000. The number of phenols is 24. The maximum absolute atomic E-state index is 12.0. The molecule has 0 saturated carbocycles. The molecule has 360 valence electrons. The quantitative estimate of drug-likeness (QED) is 0.0510. The minimum atomic E-state index is -2.97. The number of rotatable bonds is 2. The second-order valence-electron chi connectivity index (χ2n) is 16.0. The third-order valence-electron chi connectivity index (χ3n) is 12.6. The van der Waals surface area contributed by atoms with Crippen molar-refractivity contribution < 1.29 is 127 Å². The maximum atomic E-state index is 12.0. The van der Waals surface area contributed by atoms with Crippen molar-refractivity contribution in [3.05, 3.63) is 11.1 Å². The molecule has 1 heterocycles. The van der Waals surface area contributed by atoms with Gasteiger partial charge in [0.15, 0.2) is 85.9 Å². The van der Waals surface area contributed by atoms with Crippen LogP contribution in [0.15, 0.2) is 4.42 Å². The van der Waals surface area contributed by atoms with Gasteiger partial charge in [-0.15, -0.1) is 0 Å². The summed E-state index contributed by atoms with van der Waals surface area (Å²) in [4.78, 5) is 0. The number of hydrogen-bond acceptors (Lipinski definition) is 27. The lowest BCUT2D eigenvalue weighted by atomic mass is 9.80. The average Bonchev–Trinajstić information content (AvgIpc) is 3.83. The number of furan rings is 1. The number of benzene rings is 8. The minimum Gasteiger partial charge on any atom is -0.504 e. The van der Waals surface area contributed by atoms with Crippen molar-refractivity contribution in [1.29, 1.82) is 0 Å². The van der Waals surface area contributed by atoms with Crippen molar-refractivity contribution in [2.45, 2.75) is 5.66 Å². The molecule has 0 amide bonds. The van der Waals surface area contributed by atoms with Gasteiger partial charge in [-0.1, -0.05) is 0 Å². The molecule has 1 aromatic heterocycles. The second-order valence-corrected chi connectivity index (χ2v) is 16.0. The van der Waals surface area contributed by atoms with Crippen LogP contribution < -0.4 is 11.5 Å². The van der Waals surface area contributed by atoms with E-state index in [9.17, 15) is 123 Å². The molecular formula is C43H28N2O25. The van der Waals surface area contributed by atoms with Gasteiger partial charge in [-0.25, -0.2) is 0 Å². The molecule has 28 N–H and O–H groups in total. The highest BCUT2D eigenvalue weighted by atomic mass is 16.4. The van der Waals surface area contributed by atoms with Crippen molar-refractivity contribution in [3.63, 3.8) is 0 Å². The monoisotopic (exact) mass is 972 g/mol. The van der Waals surface area contributed by atoms with Crippen LogP contribution in [0, 0.1) is 0 Å². The Hall–Kier alpha value is -10.5. The zero-order valence-electron chi connectivity index (χ0n) is 33.8. The second kappa shape index (κ2) is 12.9. The predicted octanol–water partition coefficient (Wildman–Crippen LogP) is 3.41. The summed E-state index contributed by atoms with van der Waals surface area (Å²) in [5.41, 5.74) is -1.87. The lowest BCUT2D eigenvalue weighted by molar-refractivity contribution is 0.339. The van der Waals surface area contributed by atoms with Crippen LogP contribution in [0.4, 0.5) is 0 Å². The van der Waals surface area contributed by atoms with Crippen LogP contribution in [0.25, 0.3) is 87.6 Å². The maximum Gasteiger partial charge on any atom is 0.205 e. The van der Waals surface area contributed by atoms with Gasteiger partial charge in [0, 0.05) is 71.4 Å². The molecule has 27 heteroatoms. The van der Waals surface area contributed by atoms with Gasteiger partial charge in [-0.2, -0.15) is 0 Å². The summed E-state index contributed by atoms with van der Waals surface area (Å²) in [5, 5.41) is 261. The third-order valence-corrected chi connectivity index (χ3v) is 12.6. The summed E-state index contributed by atoms with van der Waals surface area (Å²) in [5.74, 6) is -38.2. The average molecular weight is 973 g/mol. The van der Waals surface area contributed by atoms with E-state index in [0.29, 0.717) is 0 Å². The summed E-state index contributed by atoms with van der Waals surface area (Å²) in [6.45, 7) is 0. The highest BCUT2D eigenvalue weighted by Crippen LogP contribution is 2.71. The zero-order chi connectivity index (χ0) is 51.5. The van der Waals surface area contributed by atoms with Crippen LogP contribution in [-0.2, 0) is 5.66 Å². The molecule has 9 aromatic rings. The molecule has 70 heavy (non-hydrogen) atoms. The molecule has 0 aliphatic heterocycles. The van der Waals surface area contributed by atoms with Crippen molar-refractivity contribution in [3.8, 4) is 171 Å². The number of nitrogens with two attached hydrogens (primary N) is 2. The number of phenolic OH excluding ortho intramolecular Hbond substituents is 24. The summed E-state index contributed by atoms with van der Waals surface area (Å²) < 4.78 is 5.70. The minimum absolute atomic E-state index is 1.00. The van der Waals surface area contributed by atoms with Crippen LogP contribution in [0.1, 0.15) is 11.1 Å². The van der Waals surface area contributed by atoms with Gasteiger partial charge in [0.25, 0.3) is 0 Å². The van der Waals surface area contributed by atoms with Gasteiger partial charge in [-0.3, -0.25) is 0 Å². The fourth-order valence-corrected chi connectivity index (χ4v) is 9.52. The number of hydrogen-bond donors (Lipinski definition) is 26. The van der Waals surface area contributed by atoms with Gasteiger partial charge in [0.1, 0.15) is 5.66 Å². The van der Waals surface area contributed by atoms with Gasteiger partial charge >= 0.3 is 0 Å². The van der Waals surface area contributed by atoms with Crippen molar-refractivity contribution in [2.24, 2.45) is 11.5 Å². The van der Waals surface area contributed by atoms with Gasteiger partial charge in [0.2, 0.25) is 63.2 Å². The molecule has 8 aromatic carbocycles. The Labute approximate surface area is 380 Å². The summed E-state index contributed by atoms with van der Waals surface area (Å²) in [7, 11) is 0. The Balaban J connectivity index is 1.58. The van der Waals surface area contributed by atoms with E-state index >= 15 is 0 Å². The SMILES string of the molecule is NC1(N)c2c(O)c(O)c(O)c(O)c2-c2c(-c3c4c(O)c(O)c(O)c(O)c4c(-c4c(O)c(O)c(O)c5oc6c7c(O)c(O)c(O)c(O)c7c(O)c(O)c6c45)c4c(O)c(O)c(O)c(O)c34)c(O)c(O)c(O)c21. The molecule has 0 bridgehead atoms. The first-order valence-electron chi connectivity index (χ1n) is 19.1. The predicted molar refractivity (Wildman–Crippen MR) is 232 cm³/mol. The summed E-state index contributed by atoms with van der Waals surface area (Å²) >= 11 is 0. The number of fused-ring (bicyclic) bond motifs is 10. The van der Waals surface area contributed by atoms with Gasteiger partial charge < -0.3 is 138 Å². The van der Waals surface area contributed by atoms with Crippen LogP contribution in [-0.4, -0.2) is 123 Å². The number of aromatic hydroxyl groups is 24. The molecule has 0 fully saturated rings. The first-order chi connectivity index (χ1) is 32.6. The fraction of sp³-hybridized carbons (Fsp3) is 0.0233. The first kappa shape index (κ1) is 43.4. The van der Waals surface area contributed by atoms with E-state index in [1.165, 1.54) is 0 Å². The normalized spacial score (nSPS) is 13.1. The van der Waals surface area contributed by atoms with Crippen LogP contribution in [0.5, 0.6) is 138 Å². The largest absolute Gasteiger partial charge is 0.504 e. The molecule has 10 rings (SSSR count). The highest BCUT2D eigenvalue weighted by molar-refractivity contribution is 6.35. The van der Waals surface area contributed by atoms with Crippen molar-refractivity contribution in [2.75, 3.05) is 0 Å². The Kier molecular flexibility index (Phi) is 7.97. The van der Waals surface area contributed by atoms with Crippen LogP contribution >= 0.6 is 0 Å². The molecule has 0 radical (unpaired) electrons. The molecule has 0 unspecified atom stereocenters. The van der Waals surface area contributed by atoms with E-state index in [1.54, 1.807) is 0 Å². The molecule has 0 spiro atoms. The first-order valence-corrected chi connectivity index (χ1v) is 19.1. The van der Waals surface area contributed by atoms with Crippen LogP contribution in [0.3, 0.4) is 0 Å². The lowest BCUT2D eigenvalue weighted by Gasteiger charge is -2.26. The fourth-order valence-electron chi connectivity index (χ4n) is 9.52. The summed E-state index contributed by atoms with van der Waals surface area (Å²) in [6, 6.07) is 0.